The highest BCUT2D eigenvalue weighted by Gasteiger charge is 2.34. The smallest absolute Gasteiger partial charge is 0.258 e. The van der Waals surface area contributed by atoms with Crippen molar-refractivity contribution in [1.29, 1.82) is 0 Å². The standard InChI is InChI=1S/C19H19ClFNO/c1-12(2)18-14-7-4-3-6-13(14)10-11-22(18)19(23)17-15(20)8-5-9-16(17)21/h3-9,12,18H,10-11H2,1-2H3. The van der Waals surface area contributed by atoms with E-state index in [1.807, 2.05) is 12.1 Å². The molecule has 1 heterocycles. The normalized spacial score (nSPS) is 17.3. The number of amides is 1. The van der Waals surface area contributed by atoms with Crippen molar-refractivity contribution in [1.82, 2.24) is 4.90 Å². The summed E-state index contributed by atoms with van der Waals surface area (Å²) in [5, 5.41) is 0.163. The van der Waals surface area contributed by atoms with Crippen LogP contribution in [0.3, 0.4) is 0 Å². The quantitative estimate of drug-likeness (QED) is 0.768. The molecule has 2 aromatic rings. The molecule has 0 N–H and O–H groups in total. The van der Waals surface area contributed by atoms with Crippen molar-refractivity contribution >= 4 is 17.5 Å². The van der Waals surface area contributed by atoms with Gasteiger partial charge in [0.2, 0.25) is 0 Å². The molecule has 2 nitrogen and oxygen atoms in total. The second-order valence-corrected chi connectivity index (χ2v) is 6.64. The molecule has 0 saturated heterocycles. The second-order valence-electron chi connectivity index (χ2n) is 6.23. The van der Waals surface area contributed by atoms with Crippen LogP contribution in [0.5, 0.6) is 0 Å². The van der Waals surface area contributed by atoms with Gasteiger partial charge in [0.05, 0.1) is 16.6 Å². The van der Waals surface area contributed by atoms with Crippen LogP contribution in [-0.4, -0.2) is 17.4 Å². The number of nitrogens with zero attached hydrogens (tertiary/aromatic N) is 1. The van der Waals surface area contributed by atoms with E-state index < -0.39 is 5.82 Å². The molecule has 0 bridgehead atoms. The average molecular weight is 332 g/mol. The number of benzene rings is 2. The summed E-state index contributed by atoms with van der Waals surface area (Å²) >= 11 is 6.08. The monoisotopic (exact) mass is 331 g/mol. The first kappa shape index (κ1) is 16.0. The van der Waals surface area contributed by atoms with Crippen LogP contribution in [0.25, 0.3) is 0 Å². The van der Waals surface area contributed by atoms with Gasteiger partial charge < -0.3 is 4.90 Å². The lowest BCUT2D eigenvalue weighted by atomic mass is 9.86. The number of carbonyl (C=O) groups excluding carboxylic acids is 1. The largest absolute Gasteiger partial charge is 0.331 e. The van der Waals surface area contributed by atoms with Gasteiger partial charge in [-0.3, -0.25) is 4.79 Å². The Balaban J connectivity index is 2.04. The summed E-state index contributed by atoms with van der Waals surface area (Å²) < 4.78 is 14.1. The molecule has 4 heteroatoms. The van der Waals surface area contributed by atoms with Crippen LogP contribution in [0.2, 0.25) is 5.02 Å². The molecule has 1 amide bonds. The minimum Gasteiger partial charge on any atom is -0.331 e. The average Bonchev–Trinajstić information content (AvgIpc) is 2.53. The Morgan fingerprint density at radius 3 is 2.65 bits per heavy atom. The van der Waals surface area contributed by atoms with E-state index in [0.717, 1.165) is 12.0 Å². The molecule has 0 aromatic heterocycles. The third kappa shape index (κ3) is 2.86. The molecular weight excluding hydrogens is 313 g/mol. The molecule has 0 fully saturated rings. The predicted octanol–water partition coefficient (Wildman–Crippen LogP) is 4.87. The summed E-state index contributed by atoms with van der Waals surface area (Å²) in [5.74, 6) is -0.670. The lowest BCUT2D eigenvalue weighted by molar-refractivity contribution is 0.0599. The highest BCUT2D eigenvalue weighted by atomic mass is 35.5. The van der Waals surface area contributed by atoms with E-state index in [1.165, 1.54) is 17.7 Å². The summed E-state index contributed by atoms with van der Waals surface area (Å²) in [6.07, 6.45) is 0.775. The van der Waals surface area contributed by atoms with Crippen molar-refractivity contribution in [3.05, 3.63) is 70.0 Å². The molecule has 0 radical (unpaired) electrons. The maximum Gasteiger partial charge on any atom is 0.258 e. The molecular formula is C19H19ClFNO. The van der Waals surface area contributed by atoms with Crippen molar-refractivity contribution in [3.8, 4) is 0 Å². The van der Waals surface area contributed by atoms with Gasteiger partial charge in [-0.05, 0) is 35.6 Å². The fourth-order valence-corrected chi connectivity index (χ4v) is 3.63. The molecule has 120 valence electrons. The van der Waals surface area contributed by atoms with Crippen LogP contribution in [0, 0.1) is 11.7 Å². The van der Waals surface area contributed by atoms with Crippen LogP contribution < -0.4 is 0 Å². The third-order valence-corrected chi connectivity index (χ3v) is 4.72. The maximum absolute atomic E-state index is 14.1. The van der Waals surface area contributed by atoms with Crippen LogP contribution in [0.4, 0.5) is 4.39 Å². The van der Waals surface area contributed by atoms with Gasteiger partial charge >= 0.3 is 0 Å². The van der Waals surface area contributed by atoms with Crippen molar-refractivity contribution in [3.63, 3.8) is 0 Å². The van der Waals surface area contributed by atoms with E-state index in [9.17, 15) is 9.18 Å². The molecule has 1 aliphatic heterocycles. The van der Waals surface area contributed by atoms with Gasteiger partial charge in [-0.15, -0.1) is 0 Å². The molecule has 1 atom stereocenters. The highest BCUT2D eigenvalue weighted by Crippen LogP contribution is 2.37. The van der Waals surface area contributed by atoms with E-state index >= 15 is 0 Å². The van der Waals surface area contributed by atoms with Gasteiger partial charge in [0.15, 0.2) is 0 Å². The van der Waals surface area contributed by atoms with Crippen LogP contribution in [0.15, 0.2) is 42.5 Å². The van der Waals surface area contributed by atoms with Gasteiger partial charge in [0.1, 0.15) is 5.82 Å². The lowest BCUT2D eigenvalue weighted by Gasteiger charge is -2.40. The molecule has 0 aliphatic carbocycles. The molecule has 0 saturated carbocycles. The molecule has 0 spiro atoms. The summed E-state index contributed by atoms with van der Waals surface area (Å²) in [6.45, 7) is 4.73. The Morgan fingerprint density at radius 1 is 1.22 bits per heavy atom. The summed E-state index contributed by atoms with van der Waals surface area (Å²) in [7, 11) is 0. The van der Waals surface area contributed by atoms with E-state index in [-0.39, 0.29) is 28.5 Å². The lowest BCUT2D eigenvalue weighted by Crippen LogP contribution is -2.42. The van der Waals surface area contributed by atoms with E-state index in [1.54, 1.807) is 11.0 Å². The Morgan fingerprint density at radius 2 is 1.96 bits per heavy atom. The first-order chi connectivity index (χ1) is 11.0. The Bertz CT molecular complexity index is 724. The van der Waals surface area contributed by atoms with Gasteiger partial charge in [-0.2, -0.15) is 0 Å². The molecule has 23 heavy (non-hydrogen) atoms. The van der Waals surface area contributed by atoms with Crippen LogP contribution >= 0.6 is 11.6 Å². The number of rotatable bonds is 2. The molecule has 1 unspecified atom stereocenters. The predicted molar refractivity (Wildman–Crippen MR) is 90.2 cm³/mol. The van der Waals surface area contributed by atoms with Gasteiger partial charge in [0.25, 0.3) is 5.91 Å². The van der Waals surface area contributed by atoms with E-state index in [4.69, 9.17) is 11.6 Å². The zero-order chi connectivity index (χ0) is 16.6. The first-order valence-electron chi connectivity index (χ1n) is 7.83. The SMILES string of the molecule is CC(C)C1c2ccccc2CCN1C(=O)c1c(F)cccc1Cl. The van der Waals surface area contributed by atoms with Crippen molar-refractivity contribution in [2.45, 2.75) is 26.3 Å². The number of hydrogen-bond acceptors (Lipinski definition) is 1. The third-order valence-electron chi connectivity index (χ3n) is 4.40. The van der Waals surface area contributed by atoms with Crippen molar-refractivity contribution < 1.29 is 9.18 Å². The van der Waals surface area contributed by atoms with Crippen LogP contribution in [-0.2, 0) is 6.42 Å². The summed E-state index contributed by atoms with van der Waals surface area (Å²) in [4.78, 5) is 14.7. The molecule has 3 rings (SSSR count). The first-order valence-corrected chi connectivity index (χ1v) is 8.21. The number of hydrogen-bond donors (Lipinski definition) is 0. The minimum absolute atomic E-state index is 0.0285. The van der Waals surface area contributed by atoms with Crippen molar-refractivity contribution in [2.24, 2.45) is 5.92 Å². The maximum atomic E-state index is 14.1. The Labute approximate surface area is 140 Å². The van der Waals surface area contributed by atoms with Crippen LogP contribution in [0.1, 0.15) is 41.4 Å². The van der Waals surface area contributed by atoms with Gasteiger partial charge in [0, 0.05) is 6.54 Å². The van der Waals surface area contributed by atoms with Gasteiger partial charge in [-0.1, -0.05) is 55.8 Å². The second kappa shape index (κ2) is 6.32. The number of carbonyl (C=O) groups is 1. The zero-order valence-corrected chi connectivity index (χ0v) is 14.0. The fourth-order valence-electron chi connectivity index (χ4n) is 3.39. The Kier molecular flexibility index (Phi) is 4.40. The summed E-state index contributed by atoms with van der Waals surface area (Å²) in [5.41, 5.74) is 2.38. The molecule has 2 aromatic carbocycles. The zero-order valence-electron chi connectivity index (χ0n) is 13.2. The molecule has 1 aliphatic rings. The number of fused-ring (bicyclic) bond motifs is 1. The summed E-state index contributed by atoms with van der Waals surface area (Å²) in [6, 6.07) is 12.4. The highest BCUT2D eigenvalue weighted by molar-refractivity contribution is 6.33. The van der Waals surface area contributed by atoms with Gasteiger partial charge in [-0.25, -0.2) is 4.39 Å². The van der Waals surface area contributed by atoms with E-state index in [2.05, 4.69) is 26.0 Å². The Hall–Kier alpha value is -1.87. The van der Waals surface area contributed by atoms with Crippen molar-refractivity contribution in [2.75, 3.05) is 6.54 Å². The van der Waals surface area contributed by atoms with E-state index in [0.29, 0.717) is 6.54 Å². The topological polar surface area (TPSA) is 20.3 Å². The minimum atomic E-state index is -0.566. The fraction of sp³-hybridized carbons (Fsp3) is 0.316. The number of halogens is 2.